The molecule has 3 aromatic rings. The summed E-state index contributed by atoms with van der Waals surface area (Å²) in [5.74, 6) is 2.31. The zero-order valence-corrected chi connectivity index (χ0v) is 15.4. The summed E-state index contributed by atoms with van der Waals surface area (Å²) in [5, 5.41) is 1.64. The first-order valence-corrected chi connectivity index (χ1v) is 9.51. The molecule has 0 unspecified atom stereocenters. The standard InChI is InChI=1S/C20H20ClN3O2/c1-23-16(10-13-6-3-7-14(21)18(13)23)20(25)24-9-8-17-15(11-24)22-19(26-17)12-4-2-5-12/h3,6-7,10,12H,2,4-5,8-9,11H2,1H3. The van der Waals surface area contributed by atoms with Crippen molar-refractivity contribution in [2.45, 2.75) is 38.1 Å². The van der Waals surface area contributed by atoms with E-state index in [1.54, 1.807) is 0 Å². The number of para-hydroxylation sites is 1. The molecule has 1 aromatic carbocycles. The molecule has 0 spiro atoms. The number of fused-ring (bicyclic) bond motifs is 2. The maximum absolute atomic E-state index is 13.1. The number of benzene rings is 1. The monoisotopic (exact) mass is 369 g/mol. The molecule has 0 N–H and O–H groups in total. The largest absolute Gasteiger partial charge is 0.445 e. The van der Waals surface area contributed by atoms with Crippen molar-refractivity contribution >= 4 is 28.4 Å². The highest BCUT2D eigenvalue weighted by molar-refractivity contribution is 6.35. The van der Waals surface area contributed by atoms with Crippen LogP contribution >= 0.6 is 11.6 Å². The van der Waals surface area contributed by atoms with E-state index in [0.717, 1.165) is 34.7 Å². The van der Waals surface area contributed by atoms with Crippen molar-refractivity contribution in [2.75, 3.05) is 6.54 Å². The smallest absolute Gasteiger partial charge is 0.270 e. The van der Waals surface area contributed by atoms with E-state index in [2.05, 4.69) is 4.98 Å². The number of hydrogen-bond donors (Lipinski definition) is 0. The van der Waals surface area contributed by atoms with Crippen molar-refractivity contribution in [3.8, 4) is 0 Å². The molecule has 2 aromatic heterocycles. The summed E-state index contributed by atoms with van der Waals surface area (Å²) in [6, 6.07) is 7.66. The van der Waals surface area contributed by atoms with Gasteiger partial charge in [0.05, 0.1) is 17.1 Å². The maximum Gasteiger partial charge on any atom is 0.270 e. The topological polar surface area (TPSA) is 51.3 Å². The minimum Gasteiger partial charge on any atom is -0.445 e. The molecule has 0 radical (unpaired) electrons. The van der Waals surface area contributed by atoms with Crippen LogP contribution in [0.3, 0.4) is 0 Å². The molecule has 1 aliphatic carbocycles. The molecule has 5 nitrogen and oxygen atoms in total. The number of aromatic nitrogens is 2. The predicted octanol–water partition coefficient (Wildman–Crippen LogP) is 4.29. The average molecular weight is 370 g/mol. The van der Waals surface area contributed by atoms with Gasteiger partial charge in [-0.15, -0.1) is 0 Å². The van der Waals surface area contributed by atoms with E-state index >= 15 is 0 Å². The number of carbonyl (C=O) groups is 1. The van der Waals surface area contributed by atoms with Crippen molar-refractivity contribution in [1.29, 1.82) is 0 Å². The normalized spacial score (nSPS) is 17.4. The Hall–Kier alpha value is -2.27. The third-order valence-corrected chi connectivity index (χ3v) is 6.02. The second-order valence-corrected chi connectivity index (χ2v) is 7.70. The maximum atomic E-state index is 13.1. The number of amides is 1. The fourth-order valence-corrected chi connectivity index (χ4v) is 4.26. The molecule has 1 aliphatic heterocycles. The Morgan fingerprint density at radius 2 is 2.19 bits per heavy atom. The van der Waals surface area contributed by atoms with E-state index in [1.807, 2.05) is 40.8 Å². The number of nitrogens with zero attached hydrogens (tertiary/aromatic N) is 3. The lowest BCUT2D eigenvalue weighted by Crippen LogP contribution is -2.36. The van der Waals surface area contributed by atoms with Crippen LogP contribution in [-0.2, 0) is 20.0 Å². The molecule has 0 saturated heterocycles. The number of hydrogen-bond acceptors (Lipinski definition) is 3. The van der Waals surface area contributed by atoms with E-state index < -0.39 is 0 Å². The second kappa shape index (κ2) is 5.88. The molecule has 6 heteroatoms. The summed E-state index contributed by atoms with van der Waals surface area (Å²) in [5.41, 5.74) is 2.46. The van der Waals surface area contributed by atoms with Crippen molar-refractivity contribution in [3.63, 3.8) is 0 Å². The van der Waals surface area contributed by atoms with Gasteiger partial charge in [-0.2, -0.15) is 0 Å². The van der Waals surface area contributed by atoms with Crippen LogP contribution in [-0.4, -0.2) is 26.9 Å². The van der Waals surface area contributed by atoms with Gasteiger partial charge in [-0.1, -0.05) is 30.2 Å². The summed E-state index contributed by atoms with van der Waals surface area (Å²) in [7, 11) is 1.89. The van der Waals surface area contributed by atoms with Crippen molar-refractivity contribution in [3.05, 3.63) is 52.3 Å². The summed E-state index contributed by atoms with van der Waals surface area (Å²) < 4.78 is 7.85. The van der Waals surface area contributed by atoms with E-state index in [9.17, 15) is 4.79 Å². The zero-order chi connectivity index (χ0) is 17.8. The number of aryl methyl sites for hydroxylation is 1. The molecule has 134 valence electrons. The van der Waals surface area contributed by atoms with Gasteiger partial charge in [0.1, 0.15) is 17.1 Å². The number of oxazole rings is 1. The van der Waals surface area contributed by atoms with Crippen molar-refractivity contribution < 1.29 is 9.21 Å². The predicted molar refractivity (Wildman–Crippen MR) is 99.5 cm³/mol. The van der Waals surface area contributed by atoms with E-state index in [4.69, 9.17) is 16.0 Å². The average Bonchev–Trinajstić information content (AvgIpc) is 3.13. The fraction of sp³-hybridized carbons (Fsp3) is 0.400. The van der Waals surface area contributed by atoms with Crippen molar-refractivity contribution in [2.24, 2.45) is 7.05 Å². The van der Waals surface area contributed by atoms with Crippen LogP contribution in [0.2, 0.25) is 5.02 Å². The highest BCUT2D eigenvalue weighted by Gasteiger charge is 2.31. The van der Waals surface area contributed by atoms with Gasteiger partial charge >= 0.3 is 0 Å². The Labute approximate surface area is 156 Å². The molecule has 5 rings (SSSR count). The molecule has 1 amide bonds. The molecule has 3 heterocycles. The molecule has 0 bridgehead atoms. The van der Waals surface area contributed by atoms with Crippen molar-refractivity contribution in [1.82, 2.24) is 14.5 Å². The molecular weight excluding hydrogens is 350 g/mol. The van der Waals surface area contributed by atoms with Gasteiger partial charge in [-0.05, 0) is 25.0 Å². The van der Waals surface area contributed by atoms with Gasteiger partial charge in [-0.3, -0.25) is 4.79 Å². The Bertz CT molecular complexity index is 1020. The molecule has 1 fully saturated rings. The second-order valence-electron chi connectivity index (χ2n) is 7.29. The summed E-state index contributed by atoms with van der Waals surface area (Å²) in [6.07, 6.45) is 4.31. The van der Waals surface area contributed by atoms with Crippen LogP contribution in [0.4, 0.5) is 0 Å². The molecule has 1 saturated carbocycles. The Morgan fingerprint density at radius 1 is 1.35 bits per heavy atom. The SMILES string of the molecule is Cn1c(C(=O)N2CCc3oc(C4CCC4)nc3C2)cc2cccc(Cl)c21. The molecule has 2 aliphatic rings. The fourth-order valence-electron chi connectivity index (χ4n) is 3.96. The number of halogens is 1. The lowest BCUT2D eigenvalue weighted by Gasteiger charge is -2.25. The lowest BCUT2D eigenvalue weighted by atomic mass is 9.85. The van der Waals surface area contributed by atoms with Gasteiger partial charge in [0, 0.05) is 31.3 Å². The van der Waals surface area contributed by atoms with Gasteiger partial charge in [0.2, 0.25) is 0 Å². The van der Waals surface area contributed by atoms with Crippen LogP contribution in [0.25, 0.3) is 10.9 Å². The molecular formula is C20H20ClN3O2. The Kier molecular flexibility index (Phi) is 3.60. The summed E-state index contributed by atoms with van der Waals surface area (Å²) >= 11 is 6.32. The van der Waals surface area contributed by atoms with Crippen LogP contribution < -0.4 is 0 Å². The van der Waals surface area contributed by atoms with Gasteiger partial charge < -0.3 is 13.9 Å². The van der Waals surface area contributed by atoms with Gasteiger partial charge in [0.25, 0.3) is 5.91 Å². The van der Waals surface area contributed by atoms with Gasteiger partial charge in [-0.25, -0.2) is 4.98 Å². The van der Waals surface area contributed by atoms with Crippen LogP contribution in [0, 0.1) is 0 Å². The first kappa shape index (κ1) is 15.9. The first-order valence-electron chi connectivity index (χ1n) is 9.13. The summed E-state index contributed by atoms with van der Waals surface area (Å²) in [6.45, 7) is 1.17. The lowest BCUT2D eigenvalue weighted by molar-refractivity contribution is 0.0718. The minimum atomic E-state index is 0.0126. The number of rotatable bonds is 2. The molecule has 0 atom stereocenters. The zero-order valence-electron chi connectivity index (χ0n) is 14.7. The Morgan fingerprint density at radius 3 is 2.92 bits per heavy atom. The number of carbonyl (C=O) groups excluding carboxylic acids is 1. The van der Waals surface area contributed by atoms with Gasteiger partial charge in [0.15, 0.2) is 5.89 Å². The van der Waals surface area contributed by atoms with Crippen LogP contribution in [0.15, 0.2) is 28.7 Å². The van der Waals surface area contributed by atoms with E-state index in [-0.39, 0.29) is 5.91 Å². The van der Waals surface area contributed by atoms with Crippen LogP contribution in [0.1, 0.15) is 53.0 Å². The first-order chi connectivity index (χ1) is 12.6. The highest BCUT2D eigenvalue weighted by atomic mass is 35.5. The third kappa shape index (κ3) is 2.37. The van der Waals surface area contributed by atoms with E-state index in [1.165, 1.54) is 19.3 Å². The highest BCUT2D eigenvalue weighted by Crippen LogP contribution is 2.37. The summed E-state index contributed by atoms with van der Waals surface area (Å²) in [4.78, 5) is 19.7. The van der Waals surface area contributed by atoms with E-state index in [0.29, 0.717) is 29.7 Å². The quantitative estimate of drug-likeness (QED) is 0.677. The Balaban J connectivity index is 1.44. The minimum absolute atomic E-state index is 0.0126. The van der Waals surface area contributed by atoms with Crippen LogP contribution in [0.5, 0.6) is 0 Å². The third-order valence-electron chi connectivity index (χ3n) is 5.71. The molecule has 26 heavy (non-hydrogen) atoms.